The summed E-state index contributed by atoms with van der Waals surface area (Å²) in [6.45, 7) is 1.98. The Balaban J connectivity index is 2.00. The maximum absolute atomic E-state index is 13.5. The van der Waals surface area contributed by atoms with Crippen LogP contribution >= 0.6 is 0 Å². The normalized spacial score (nSPS) is 11.7. The molecular formula is C24H18F3N. The second-order valence-electron chi connectivity index (χ2n) is 6.89. The molecule has 3 aromatic carbocycles. The van der Waals surface area contributed by atoms with E-state index < -0.39 is 11.7 Å². The zero-order valence-electron chi connectivity index (χ0n) is 15.3. The highest BCUT2D eigenvalue weighted by molar-refractivity contribution is 5.98. The van der Waals surface area contributed by atoms with Gasteiger partial charge in [0.15, 0.2) is 0 Å². The van der Waals surface area contributed by atoms with Gasteiger partial charge in [-0.05, 0) is 41.7 Å². The van der Waals surface area contributed by atoms with Crippen molar-refractivity contribution in [2.24, 2.45) is 0 Å². The molecule has 0 aliphatic rings. The molecular weight excluding hydrogens is 359 g/mol. The molecule has 0 amide bonds. The molecule has 0 bridgehead atoms. The van der Waals surface area contributed by atoms with Crippen molar-refractivity contribution in [3.8, 4) is 11.1 Å². The average Bonchev–Trinajstić information content (AvgIpc) is 2.67. The van der Waals surface area contributed by atoms with E-state index in [1.54, 1.807) is 12.3 Å². The lowest BCUT2D eigenvalue weighted by Gasteiger charge is -2.16. The van der Waals surface area contributed by atoms with Gasteiger partial charge < -0.3 is 0 Å². The smallest absolute Gasteiger partial charge is 0.255 e. The number of hydrogen-bond acceptors (Lipinski definition) is 1. The van der Waals surface area contributed by atoms with Crippen molar-refractivity contribution in [1.29, 1.82) is 0 Å². The van der Waals surface area contributed by atoms with E-state index in [4.69, 9.17) is 0 Å². The zero-order valence-corrected chi connectivity index (χ0v) is 15.3. The quantitative estimate of drug-likeness (QED) is 0.382. The number of aromatic nitrogens is 1. The summed E-state index contributed by atoms with van der Waals surface area (Å²) in [7, 11) is 0. The fourth-order valence-electron chi connectivity index (χ4n) is 3.58. The van der Waals surface area contributed by atoms with Crippen LogP contribution in [0.25, 0.3) is 22.0 Å². The Bertz CT molecular complexity index is 1130. The number of nitrogens with zero attached hydrogens (tertiary/aromatic N) is 1. The topological polar surface area (TPSA) is 12.9 Å². The van der Waals surface area contributed by atoms with E-state index in [0.29, 0.717) is 11.8 Å². The highest BCUT2D eigenvalue weighted by Gasteiger charge is 2.33. The Morgan fingerprint density at radius 3 is 2.32 bits per heavy atom. The van der Waals surface area contributed by atoms with Crippen LogP contribution in [0.2, 0.25) is 0 Å². The van der Waals surface area contributed by atoms with Crippen molar-refractivity contribution >= 4 is 10.9 Å². The van der Waals surface area contributed by atoms with Gasteiger partial charge in [0.25, 0.3) is 0 Å². The van der Waals surface area contributed by atoms with Crippen molar-refractivity contribution in [3.05, 3.63) is 101 Å². The van der Waals surface area contributed by atoms with Crippen molar-refractivity contribution in [2.45, 2.75) is 19.5 Å². The lowest BCUT2D eigenvalue weighted by molar-refractivity contribution is -0.136. The third kappa shape index (κ3) is 3.50. The van der Waals surface area contributed by atoms with Crippen LogP contribution in [-0.4, -0.2) is 4.98 Å². The summed E-state index contributed by atoms with van der Waals surface area (Å²) in [5, 5.41) is 0.522. The molecule has 1 aromatic heterocycles. The summed E-state index contributed by atoms with van der Waals surface area (Å²) >= 11 is 0. The molecule has 0 spiro atoms. The summed E-state index contributed by atoms with van der Waals surface area (Å²) in [6.07, 6.45) is -2.26. The fraction of sp³-hybridized carbons (Fsp3) is 0.125. The molecule has 0 unspecified atom stereocenters. The van der Waals surface area contributed by atoms with Gasteiger partial charge in [-0.1, -0.05) is 72.3 Å². The summed E-state index contributed by atoms with van der Waals surface area (Å²) in [5.41, 5.74) is 4.04. The van der Waals surface area contributed by atoms with Crippen LogP contribution < -0.4 is 0 Å². The Morgan fingerprint density at radius 1 is 0.857 bits per heavy atom. The van der Waals surface area contributed by atoms with Gasteiger partial charge in [-0.2, -0.15) is 13.2 Å². The molecule has 0 aliphatic carbocycles. The van der Waals surface area contributed by atoms with E-state index in [0.717, 1.165) is 33.9 Å². The van der Waals surface area contributed by atoms with E-state index in [9.17, 15) is 13.2 Å². The number of fused-ring (bicyclic) bond motifs is 1. The molecule has 0 fully saturated rings. The fourth-order valence-corrected chi connectivity index (χ4v) is 3.58. The van der Waals surface area contributed by atoms with E-state index in [1.165, 1.54) is 6.07 Å². The third-order valence-electron chi connectivity index (χ3n) is 4.83. The lowest BCUT2D eigenvalue weighted by atomic mass is 9.91. The van der Waals surface area contributed by atoms with Crippen molar-refractivity contribution in [1.82, 2.24) is 4.98 Å². The van der Waals surface area contributed by atoms with E-state index in [1.807, 2.05) is 61.5 Å². The number of para-hydroxylation sites is 1. The number of halogens is 3. The van der Waals surface area contributed by atoms with Crippen molar-refractivity contribution in [3.63, 3.8) is 0 Å². The second kappa shape index (κ2) is 7.12. The molecule has 4 aromatic rings. The van der Waals surface area contributed by atoms with Gasteiger partial charge in [0.2, 0.25) is 0 Å². The lowest BCUT2D eigenvalue weighted by Crippen LogP contribution is -2.07. The standard InChI is InChI=1S/C24H18F3N/c1-16-7-5-10-18(13-16)22-19(14-17-8-3-2-4-9-17)15-28-23-20(22)11-6-12-21(23)24(25,26)27/h2-13,15H,14H2,1H3. The van der Waals surface area contributed by atoms with Crippen LogP contribution in [0.3, 0.4) is 0 Å². The van der Waals surface area contributed by atoms with Gasteiger partial charge in [0.1, 0.15) is 0 Å². The number of rotatable bonds is 3. The Kier molecular flexibility index (Phi) is 4.63. The van der Waals surface area contributed by atoms with Crippen LogP contribution in [0.15, 0.2) is 79.0 Å². The maximum Gasteiger partial charge on any atom is 0.418 e. The van der Waals surface area contributed by atoms with Crippen molar-refractivity contribution in [2.75, 3.05) is 0 Å². The van der Waals surface area contributed by atoms with E-state index >= 15 is 0 Å². The number of alkyl halides is 3. The average molecular weight is 377 g/mol. The second-order valence-corrected chi connectivity index (χ2v) is 6.89. The monoisotopic (exact) mass is 377 g/mol. The predicted octanol–water partition coefficient (Wildman–Crippen LogP) is 6.82. The first-order chi connectivity index (χ1) is 13.4. The highest BCUT2D eigenvalue weighted by atomic mass is 19.4. The molecule has 4 heteroatoms. The van der Waals surface area contributed by atoms with Crippen molar-refractivity contribution < 1.29 is 13.2 Å². The largest absolute Gasteiger partial charge is 0.418 e. The number of aryl methyl sites for hydroxylation is 1. The van der Waals surface area contributed by atoms with Crippen LogP contribution in [0.5, 0.6) is 0 Å². The number of benzene rings is 3. The van der Waals surface area contributed by atoms with Crippen LogP contribution in [0.4, 0.5) is 13.2 Å². The minimum atomic E-state index is -4.45. The number of pyridine rings is 1. The molecule has 1 heterocycles. The minimum Gasteiger partial charge on any atom is -0.255 e. The molecule has 0 atom stereocenters. The Hall–Kier alpha value is -3.14. The predicted molar refractivity (Wildman–Crippen MR) is 106 cm³/mol. The molecule has 0 N–H and O–H groups in total. The summed E-state index contributed by atoms with van der Waals surface area (Å²) in [5.74, 6) is 0. The highest BCUT2D eigenvalue weighted by Crippen LogP contribution is 2.39. The van der Waals surface area contributed by atoms with Gasteiger partial charge >= 0.3 is 6.18 Å². The molecule has 140 valence electrons. The molecule has 0 saturated carbocycles. The zero-order chi connectivity index (χ0) is 19.7. The first-order valence-electron chi connectivity index (χ1n) is 9.02. The van der Waals surface area contributed by atoms with Gasteiger partial charge in [0, 0.05) is 11.6 Å². The van der Waals surface area contributed by atoms with Gasteiger partial charge in [-0.25, -0.2) is 0 Å². The molecule has 0 aliphatic heterocycles. The number of hydrogen-bond donors (Lipinski definition) is 0. The molecule has 4 rings (SSSR count). The van der Waals surface area contributed by atoms with E-state index in [2.05, 4.69) is 4.98 Å². The molecule has 1 nitrogen and oxygen atoms in total. The summed E-state index contributed by atoms with van der Waals surface area (Å²) in [4.78, 5) is 4.23. The van der Waals surface area contributed by atoms with Gasteiger partial charge in [-0.15, -0.1) is 0 Å². The first kappa shape index (κ1) is 18.2. The Morgan fingerprint density at radius 2 is 1.61 bits per heavy atom. The SMILES string of the molecule is Cc1cccc(-c2c(Cc3ccccc3)cnc3c(C(F)(F)F)cccc23)c1. The summed E-state index contributed by atoms with van der Waals surface area (Å²) in [6, 6.07) is 22.0. The summed E-state index contributed by atoms with van der Waals surface area (Å²) < 4.78 is 40.6. The van der Waals surface area contributed by atoms with E-state index in [-0.39, 0.29) is 5.52 Å². The minimum absolute atomic E-state index is 0.0108. The molecule has 0 saturated heterocycles. The van der Waals surface area contributed by atoms with Crippen LogP contribution in [0, 0.1) is 6.92 Å². The van der Waals surface area contributed by atoms with Gasteiger partial charge in [-0.3, -0.25) is 4.98 Å². The first-order valence-corrected chi connectivity index (χ1v) is 9.02. The Labute approximate surface area is 161 Å². The maximum atomic E-state index is 13.5. The van der Waals surface area contributed by atoms with Crippen LogP contribution in [0.1, 0.15) is 22.3 Å². The molecule has 28 heavy (non-hydrogen) atoms. The van der Waals surface area contributed by atoms with Crippen LogP contribution in [-0.2, 0) is 12.6 Å². The molecule has 0 radical (unpaired) electrons. The third-order valence-corrected chi connectivity index (χ3v) is 4.83. The van der Waals surface area contributed by atoms with Gasteiger partial charge in [0.05, 0.1) is 11.1 Å².